The molecule has 3 aromatic carbocycles. The third-order valence-corrected chi connectivity index (χ3v) is 8.32. The van der Waals surface area contributed by atoms with E-state index in [1.54, 1.807) is 53.4 Å². The highest BCUT2D eigenvalue weighted by Gasteiger charge is 2.21. The minimum atomic E-state index is -4.16. The van der Waals surface area contributed by atoms with Gasteiger partial charge in [-0.2, -0.15) is 0 Å². The smallest absolute Gasteiger partial charge is 0.263 e. The quantitative estimate of drug-likeness (QED) is 0.213. The highest BCUT2D eigenvalue weighted by molar-refractivity contribution is 7.92. The van der Waals surface area contributed by atoms with Gasteiger partial charge in [-0.25, -0.2) is 18.4 Å². The average Bonchev–Trinajstić information content (AvgIpc) is 3.26. The van der Waals surface area contributed by atoms with Crippen LogP contribution >= 0.6 is 0 Å². The van der Waals surface area contributed by atoms with Gasteiger partial charge in [0.25, 0.3) is 10.0 Å². The first-order valence-electron chi connectivity index (χ1n) is 13.9. The summed E-state index contributed by atoms with van der Waals surface area (Å²) in [5, 5.41) is 5.91. The van der Waals surface area contributed by atoms with Crippen molar-refractivity contribution >= 4 is 56.4 Å². The summed E-state index contributed by atoms with van der Waals surface area (Å²) in [5.41, 5.74) is 1.92. The van der Waals surface area contributed by atoms with Gasteiger partial charge in [0.2, 0.25) is 12.3 Å². The van der Waals surface area contributed by atoms with Crippen molar-refractivity contribution in [3.63, 3.8) is 0 Å². The van der Waals surface area contributed by atoms with Crippen LogP contribution in [0, 0.1) is 0 Å². The van der Waals surface area contributed by atoms with Crippen molar-refractivity contribution in [1.29, 1.82) is 0 Å². The zero-order valence-corrected chi connectivity index (χ0v) is 25.1. The highest BCUT2D eigenvalue weighted by Crippen LogP contribution is 2.31. The standard InChI is InChI=1S/C30H33N7O6S/c1-42-23-15-22(16-24(18-23)43-2)32-29-30(34-27-10-4-3-9-26(27)33-29)35-44(40,41)25-8-5-7-21(17-25)31-28(39)19-36-11-6-12-37(20-38)14-13-36/h3-5,7-10,15-18,20H,6,11-14,19H2,1-2H3,(H,31,39)(H,32,33)(H,34,35). The predicted molar refractivity (Wildman–Crippen MR) is 167 cm³/mol. The lowest BCUT2D eigenvalue weighted by atomic mass is 10.2. The molecule has 0 spiro atoms. The Hall–Kier alpha value is -4.95. The van der Waals surface area contributed by atoms with E-state index in [9.17, 15) is 18.0 Å². The number of anilines is 4. The zero-order chi connectivity index (χ0) is 31.1. The van der Waals surface area contributed by atoms with Crippen LogP contribution in [0.15, 0.2) is 71.6 Å². The first-order valence-corrected chi connectivity index (χ1v) is 15.4. The molecule has 1 aromatic heterocycles. The average molecular weight is 620 g/mol. The Morgan fingerprint density at radius 1 is 0.864 bits per heavy atom. The first kappa shape index (κ1) is 30.5. The van der Waals surface area contributed by atoms with E-state index in [-0.39, 0.29) is 29.0 Å². The molecular weight excluding hydrogens is 586 g/mol. The summed E-state index contributed by atoms with van der Waals surface area (Å²) in [6, 6.07) is 18.2. The van der Waals surface area contributed by atoms with Gasteiger partial charge in [-0.1, -0.05) is 18.2 Å². The number of sulfonamides is 1. The van der Waals surface area contributed by atoms with Crippen molar-refractivity contribution in [1.82, 2.24) is 19.8 Å². The molecule has 5 rings (SSSR count). The monoisotopic (exact) mass is 619 g/mol. The number of nitrogens with zero attached hydrogens (tertiary/aromatic N) is 4. The topological polar surface area (TPSA) is 155 Å². The summed E-state index contributed by atoms with van der Waals surface area (Å²) in [5.74, 6) is 0.913. The van der Waals surface area contributed by atoms with Gasteiger partial charge in [0.15, 0.2) is 11.6 Å². The Morgan fingerprint density at radius 2 is 1.57 bits per heavy atom. The number of carbonyl (C=O) groups excluding carboxylic acids is 2. The van der Waals surface area contributed by atoms with E-state index in [4.69, 9.17) is 9.47 Å². The van der Waals surface area contributed by atoms with Gasteiger partial charge < -0.3 is 25.0 Å². The van der Waals surface area contributed by atoms with Crippen LogP contribution in [0.1, 0.15) is 6.42 Å². The van der Waals surface area contributed by atoms with Crippen molar-refractivity contribution in [2.45, 2.75) is 11.3 Å². The van der Waals surface area contributed by atoms with E-state index >= 15 is 0 Å². The van der Waals surface area contributed by atoms with Crippen molar-refractivity contribution in [2.75, 3.05) is 62.3 Å². The molecule has 1 saturated heterocycles. The molecule has 2 heterocycles. The van der Waals surface area contributed by atoms with Crippen LogP contribution in [0.2, 0.25) is 0 Å². The molecule has 44 heavy (non-hydrogen) atoms. The largest absolute Gasteiger partial charge is 0.497 e. The third-order valence-electron chi connectivity index (χ3n) is 6.98. The predicted octanol–water partition coefficient (Wildman–Crippen LogP) is 3.29. The number of rotatable bonds is 11. The van der Waals surface area contributed by atoms with Gasteiger partial charge in [0.1, 0.15) is 11.5 Å². The molecule has 3 N–H and O–H groups in total. The van der Waals surface area contributed by atoms with Crippen molar-refractivity contribution in [3.8, 4) is 11.5 Å². The molecule has 0 unspecified atom stereocenters. The fourth-order valence-corrected chi connectivity index (χ4v) is 5.81. The fourth-order valence-electron chi connectivity index (χ4n) is 4.76. The Morgan fingerprint density at radius 3 is 2.25 bits per heavy atom. The molecule has 4 aromatic rings. The Balaban J connectivity index is 1.37. The fraction of sp³-hybridized carbons (Fsp3) is 0.267. The van der Waals surface area contributed by atoms with Crippen LogP contribution in [0.25, 0.3) is 11.0 Å². The van der Waals surface area contributed by atoms with E-state index in [1.807, 2.05) is 11.0 Å². The maximum absolute atomic E-state index is 13.6. The second-order valence-electron chi connectivity index (χ2n) is 10.1. The second-order valence-corrected chi connectivity index (χ2v) is 11.8. The van der Waals surface area contributed by atoms with Gasteiger partial charge in [0, 0.05) is 55.8 Å². The number of benzene rings is 3. The molecule has 0 atom stereocenters. The van der Waals surface area contributed by atoms with E-state index < -0.39 is 10.0 Å². The van der Waals surface area contributed by atoms with Crippen LogP contribution < -0.4 is 24.8 Å². The summed E-state index contributed by atoms with van der Waals surface area (Å²) < 4.78 is 40.5. The molecule has 1 aliphatic rings. The molecule has 0 bridgehead atoms. The SMILES string of the molecule is COc1cc(Nc2nc3ccccc3nc2NS(=O)(=O)c2cccc(NC(=O)CN3CCCN(C=O)CC3)c2)cc(OC)c1. The van der Waals surface area contributed by atoms with Gasteiger partial charge in [0.05, 0.1) is 36.7 Å². The lowest BCUT2D eigenvalue weighted by Gasteiger charge is -2.19. The number of para-hydroxylation sites is 2. The van der Waals surface area contributed by atoms with Crippen molar-refractivity contribution in [3.05, 3.63) is 66.7 Å². The summed E-state index contributed by atoms with van der Waals surface area (Å²) in [6.07, 6.45) is 1.59. The lowest BCUT2D eigenvalue weighted by Crippen LogP contribution is -2.36. The number of hydrogen-bond acceptors (Lipinski definition) is 10. The van der Waals surface area contributed by atoms with Crippen molar-refractivity contribution < 1.29 is 27.5 Å². The van der Waals surface area contributed by atoms with Crippen molar-refractivity contribution in [2.24, 2.45) is 0 Å². The second kappa shape index (κ2) is 13.6. The molecule has 0 radical (unpaired) electrons. The normalized spacial score (nSPS) is 14.0. The number of nitrogens with one attached hydrogen (secondary N) is 3. The van der Waals surface area contributed by atoms with E-state index in [0.29, 0.717) is 60.1 Å². The maximum Gasteiger partial charge on any atom is 0.263 e. The number of aromatic nitrogens is 2. The molecule has 0 aliphatic carbocycles. The molecule has 230 valence electrons. The van der Waals surface area contributed by atoms with Gasteiger partial charge in [-0.15, -0.1) is 0 Å². The van der Waals surface area contributed by atoms with Crippen LogP contribution in [-0.4, -0.2) is 87.4 Å². The molecule has 0 saturated carbocycles. The summed E-state index contributed by atoms with van der Waals surface area (Å²) in [4.78, 5) is 36.6. The Kier molecular flexibility index (Phi) is 9.41. The molecule has 2 amide bonds. The number of methoxy groups -OCH3 is 2. The lowest BCUT2D eigenvalue weighted by molar-refractivity contribution is -0.118. The van der Waals surface area contributed by atoms with E-state index in [0.717, 1.165) is 12.8 Å². The number of hydrogen-bond donors (Lipinski definition) is 3. The molecule has 13 nitrogen and oxygen atoms in total. The Bertz CT molecular complexity index is 1750. The van der Waals surface area contributed by atoms with Crippen LogP contribution in [-0.2, 0) is 19.6 Å². The summed E-state index contributed by atoms with van der Waals surface area (Å²) in [7, 11) is -1.10. The minimum absolute atomic E-state index is 0.0227. The Labute approximate surface area is 255 Å². The highest BCUT2D eigenvalue weighted by atomic mass is 32.2. The van der Waals surface area contributed by atoms with Crippen LogP contribution in [0.4, 0.5) is 23.0 Å². The summed E-state index contributed by atoms with van der Waals surface area (Å²) >= 11 is 0. The number of fused-ring (bicyclic) bond motifs is 1. The van der Waals surface area contributed by atoms with Crippen LogP contribution in [0.3, 0.4) is 0 Å². The zero-order valence-electron chi connectivity index (χ0n) is 24.3. The third kappa shape index (κ3) is 7.51. The number of ether oxygens (including phenoxy) is 2. The molecule has 14 heteroatoms. The molecule has 1 fully saturated rings. The first-order chi connectivity index (χ1) is 21.3. The molecular formula is C30H33N7O6S. The van der Waals surface area contributed by atoms with Gasteiger partial charge in [-0.3, -0.25) is 19.2 Å². The van der Waals surface area contributed by atoms with Gasteiger partial charge in [-0.05, 0) is 36.8 Å². The molecule has 1 aliphatic heterocycles. The van der Waals surface area contributed by atoms with E-state index in [2.05, 4.69) is 25.3 Å². The number of carbonyl (C=O) groups is 2. The number of amides is 2. The van der Waals surface area contributed by atoms with Gasteiger partial charge >= 0.3 is 0 Å². The maximum atomic E-state index is 13.6. The van der Waals surface area contributed by atoms with E-state index in [1.165, 1.54) is 26.4 Å². The minimum Gasteiger partial charge on any atom is -0.497 e. The summed E-state index contributed by atoms with van der Waals surface area (Å²) in [6.45, 7) is 2.59. The van der Waals surface area contributed by atoms with Crippen LogP contribution in [0.5, 0.6) is 11.5 Å².